The zero-order valence-electron chi connectivity index (χ0n) is 43.4. The third-order valence-corrected chi connectivity index (χ3v) is 12.7. The number of methoxy groups -OCH3 is 1. The number of hydrogen-bond donors (Lipinski definition) is 2. The molecule has 410 valence electrons. The van der Waals surface area contributed by atoms with Crippen molar-refractivity contribution in [2.75, 3.05) is 126 Å². The fourth-order valence-corrected chi connectivity index (χ4v) is 8.86. The van der Waals surface area contributed by atoms with E-state index in [1.807, 2.05) is 18.2 Å². The Balaban J connectivity index is 0.000000305. The first-order valence-electron chi connectivity index (χ1n) is 26.4. The quantitative estimate of drug-likeness (QED) is 0.0307. The van der Waals surface area contributed by atoms with Gasteiger partial charge in [-0.1, -0.05) is 93.1 Å². The van der Waals surface area contributed by atoms with Crippen LogP contribution in [-0.2, 0) is 67.1 Å². The number of ether oxygens (including phenoxy) is 9. The number of carboxylic acid groups (broad SMARTS) is 1. The Bertz CT molecular complexity index is 2290. The molecule has 0 bridgehead atoms. The Morgan fingerprint density at radius 2 is 1.03 bits per heavy atom. The van der Waals surface area contributed by atoms with Crippen molar-refractivity contribution < 1.29 is 62.4 Å². The number of nitrogens with zero attached hydrogens (tertiary/aromatic N) is 4. The summed E-state index contributed by atoms with van der Waals surface area (Å²) in [5, 5.41) is 17.6. The number of imidazole rings is 1. The third-order valence-electron chi connectivity index (χ3n) is 12.7. The van der Waals surface area contributed by atoms with E-state index in [1.54, 1.807) is 52.6 Å². The summed E-state index contributed by atoms with van der Waals surface area (Å²) >= 11 is 0. The van der Waals surface area contributed by atoms with Crippen molar-refractivity contribution in [2.45, 2.75) is 83.8 Å². The smallest absolute Gasteiger partial charge is 0.332 e. The highest BCUT2D eigenvalue weighted by molar-refractivity contribution is 5.97. The van der Waals surface area contributed by atoms with E-state index in [-0.39, 0.29) is 36.1 Å². The normalized spacial score (nSPS) is 14.5. The van der Waals surface area contributed by atoms with E-state index in [4.69, 9.17) is 57.8 Å². The zero-order valence-corrected chi connectivity index (χ0v) is 43.4. The molecule has 0 radical (unpaired) electrons. The number of aliphatic carboxylic acids is 1. The van der Waals surface area contributed by atoms with Gasteiger partial charge in [0.2, 0.25) is 0 Å². The van der Waals surface area contributed by atoms with Gasteiger partial charge in [0.15, 0.2) is 16.9 Å². The van der Waals surface area contributed by atoms with Gasteiger partial charge in [-0.05, 0) is 49.2 Å². The summed E-state index contributed by atoms with van der Waals surface area (Å²) in [5.74, 6) is -0.202. The molecule has 0 spiro atoms. The summed E-state index contributed by atoms with van der Waals surface area (Å²) in [6.07, 6.45) is 13.4. The van der Waals surface area contributed by atoms with E-state index < -0.39 is 11.5 Å². The fraction of sp³-hybridized carbons (Fsp3) is 0.618. The summed E-state index contributed by atoms with van der Waals surface area (Å²) in [6, 6.07) is 16.1. The average Bonchev–Trinajstić information content (AvgIpc) is 3.80. The van der Waals surface area contributed by atoms with Gasteiger partial charge in [0.25, 0.3) is 5.56 Å². The van der Waals surface area contributed by atoms with Crippen molar-refractivity contribution in [3.63, 3.8) is 0 Å². The Morgan fingerprint density at radius 3 is 1.47 bits per heavy atom. The van der Waals surface area contributed by atoms with Crippen LogP contribution in [0.2, 0.25) is 0 Å². The predicted molar refractivity (Wildman–Crippen MR) is 280 cm³/mol. The van der Waals surface area contributed by atoms with Crippen molar-refractivity contribution in [1.29, 1.82) is 0 Å². The van der Waals surface area contributed by atoms with Crippen LogP contribution in [0, 0.1) is 11.8 Å². The summed E-state index contributed by atoms with van der Waals surface area (Å²) in [7, 11) is 1.64. The van der Waals surface area contributed by atoms with Crippen molar-refractivity contribution in [1.82, 2.24) is 18.7 Å². The van der Waals surface area contributed by atoms with Crippen molar-refractivity contribution in [2.24, 2.45) is 11.8 Å². The predicted octanol–water partition coefficient (Wildman–Crippen LogP) is 5.93. The lowest BCUT2D eigenvalue weighted by molar-refractivity contribution is -0.131. The highest BCUT2D eigenvalue weighted by atomic mass is 16.6. The molecule has 0 atom stereocenters. The lowest BCUT2D eigenvalue weighted by Crippen LogP contribution is -2.43. The number of aliphatic hydroxyl groups excluding tert-OH is 1. The Kier molecular flexibility index (Phi) is 29.3. The third kappa shape index (κ3) is 21.7. The molecule has 6 rings (SSSR count). The second-order valence-corrected chi connectivity index (χ2v) is 18.2. The SMILES string of the molecule is COCCOCCOCCOCCOCCOCCOCCOCCOCCO.O=C(O)/C=C/c1ccc(-c2nc3c(c(=O)n(CC4CCCCC4)c(=O)n3CC3CCCCC3)n2CC(=O)c2ccccc2)cc1. The maximum Gasteiger partial charge on any atom is 0.332 e. The molecule has 2 aliphatic carbocycles. The van der Waals surface area contributed by atoms with Crippen LogP contribution in [0.25, 0.3) is 28.6 Å². The number of carboxylic acids is 1. The molecule has 2 aromatic carbocycles. The molecule has 74 heavy (non-hydrogen) atoms. The monoisotopic (exact) mass is 1040 g/mol. The molecule has 0 saturated heterocycles. The maximum absolute atomic E-state index is 14.4. The molecular formula is C55H80N4O15. The number of hydrogen-bond acceptors (Lipinski definition) is 15. The van der Waals surface area contributed by atoms with Crippen LogP contribution in [0.15, 0.2) is 70.3 Å². The first-order chi connectivity index (χ1) is 36.3. The van der Waals surface area contributed by atoms with E-state index in [2.05, 4.69) is 0 Å². The van der Waals surface area contributed by atoms with Crippen LogP contribution < -0.4 is 11.2 Å². The highest BCUT2D eigenvalue weighted by Gasteiger charge is 2.27. The van der Waals surface area contributed by atoms with Crippen LogP contribution in [-0.4, -0.2) is 167 Å². The second kappa shape index (κ2) is 36.1. The summed E-state index contributed by atoms with van der Waals surface area (Å²) < 4.78 is 52.2. The Hall–Kier alpha value is -4.93. The van der Waals surface area contributed by atoms with E-state index in [1.165, 1.54) is 23.5 Å². The molecule has 2 aliphatic rings. The molecule has 0 aliphatic heterocycles. The van der Waals surface area contributed by atoms with Gasteiger partial charge in [0.05, 0.1) is 125 Å². The number of Topliss-reactive ketones (excluding diaryl/α,β-unsaturated/α-hetero) is 1. The van der Waals surface area contributed by atoms with Crippen molar-refractivity contribution in [3.8, 4) is 11.4 Å². The first kappa shape index (κ1) is 59.9. The van der Waals surface area contributed by atoms with Crippen LogP contribution in [0.4, 0.5) is 0 Å². The zero-order chi connectivity index (χ0) is 52.4. The van der Waals surface area contributed by atoms with Gasteiger partial charge in [0, 0.05) is 37.4 Å². The van der Waals surface area contributed by atoms with E-state index in [0.29, 0.717) is 159 Å². The summed E-state index contributed by atoms with van der Waals surface area (Å²) in [6.45, 7) is 9.65. The number of aromatic nitrogens is 4. The van der Waals surface area contributed by atoms with Gasteiger partial charge in [0.1, 0.15) is 5.82 Å². The summed E-state index contributed by atoms with van der Waals surface area (Å²) in [5.41, 5.74) is 1.75. The summed E-state index contributed by atoms with van der Waals surface area (Å²) in [4.78, 5) is 58.2. The van der Waals surface area contributed by atoms with Crippen molar-refractivity contribution >= 4 is 29.0 Å². The molecule has 19 nitrogen and oxygen atoms in total. The van der Waals surface area contributed by atoms with Gasteiger partial charge in [-0.25, -0.2) is 14.6 Å². The van der Waals surface area contributed by atoms with Gasteiger partial charge in [-0.3, -0.25) is 18.7 Å². The first-order valence-corrected chi connectivity index (χ1v) is 26.4. The lowest BCUT2D eigenvalue weighted by Gasteiger charge is -2.25. The molecule has 2 N–H and O–H groups in total. The Morgan fingerprint density at radius 1 is 0.581 bits per heavy atom. The number of fused-ring (bicyclic) bond motifs is 1. The largest absolute Gasteiger partial charge is 0.478 e. The minimum absolute atomic E-state index is 0.0322. The highest BCUT2D eigenvalue weighted by Crippen LogP contribution is 2.29. The minimum Gasteiger partial charge on any atom is -0.478 e. The average molecular weight is 1040 g/mol. The number of carbonyl (C=O) groups excluding carboxylic acids is 1. The van der Waals surface area contributed by atoms with Gasteiger partial charge in [-0.2, -0.15) is 0 Å². The lowest BCUT2D eigenvalue weighted by atomic mass is 9.89. The molecule has 2 aromatic heterocycles. The standard InChI is InChI=1S/C36H40N4O5.C19H40O10/c41-30(28-14-8-3-9-15-28)24-38-32-34(37-33(38)29-19-16-25(17-20-29)18-21-31(42)43)39(22-26-10-4-1-5-11-26)36(45)40(35(32)44)23-27-12-6-2-7-13-27;1-21-4-5-23-8-9-25-12-13-27-16-17-29-19-18-28-15-14-26-11-10-24-7-6-22-3-2-20/h3,8-9,14-21,26-27H,1-2,4-7,10-13,22-24H2,(H,42,43);20H,2-19H2,1H3/b21-18+;. The number of benzene rings is 2. The number of rotatable bonds is 36. The minimum atomic E-state index is -1.04. The molecule has 4 aromatic rings. The van der Waals surface area contributed by atoms with Gasteiger partial charge < -0.3 is 57.4 Å². The molecule has 2 heterocycles. The second-order valence-electron chi connectivity index (χ2n) is 18.2. The maximum atomic E-state index is 14.4. The molecule has 2 saturated carbocycles. The van der Waals surface area contributed by atoms with Gasteiger partial charge in [-0.15, -0.1) is 0 Å². The molecule has 2 fully saturated rings. The van der Waals surface area contributed by atoms with Crippen molar-refractivity contribution in [3.05, 3.63) is 92.6 Å². The number of aliphatic hydroxyl groups is 1. The fourth-order valence-electron chi connectivity index (χ4n) is 8.86. The van der Waals surface area contributed by atoms with Crippen LogP contribution >= 0.6 is 0 Å². The van der Waals surface area contributed by atoms with E-state index in [0.717, 1.165) is 57.4 Å². The van der Waals surface area contributed by atoms with E-state index >= 15 is 0 Å². The van der Waals surface area contributed by atoms with Crippen LogP contribution in [0.3, 0.4) is 0 Å². The molecule has 0 unspecified atom stereocenters. The number of ketones is 1. The molecule has 19 heteroatoms. The molecular weight excluding hydrogens is 957 g/mol. The van der Waals surface area contributed by atoms with Gasteiger partial charge >= 0.3 is 11.7 Å². The Labute approximate surface area is 434 Å². The topological polar surface area (TPSA) is 219 Å². The van der Waals surface area contributed by atoms with E-state index in [9.17, 15) is 19.2 Å². The molecule has 0 amide bonds. The number of carbonyl (C=O) groups is 2. The van der Waals surface area contributed by atoms with Crippen LogP contribution in [0.5, 0.6) is 0 Å². The van der Waals surface area contributed by atoms with Crippen LogP contribution in [0.1, 0.15) is 80.1 Å².